The van der Waals surface area contributed by atoms with Crippen molar-refractivity contribution in [1.82, 2.24) is 0 Å². The molecule has 0 amide bonds. The van der Waals surface area contributed by atoms with E-state index in [9.17, 15) is 19.8 Å². The smallest absolute Gasteiger partial charge is 0.308 e. The minimum absolute atomic E-state index is 0.187. The van der Waals surface area contributed by atoms with Gasteiger partial charge in [-0.15, -0.1) is 0 Å². The van der Waals surface area contributed by atoms with Crippen molar-refractivity contribution >= 4 is 12.4 Å². The van der Waals surface area contributed by atoms with Gasteiger partial charge in [0.05, 0.1) is 6.61 Å². The lowest BCUT2D eigenvalue weighted by atomic mass is 10.0. The van der Waals surface area contributed by atoms with Gasteiger partial charge >= 0.3 is 5.97 Å². The lowest BCUT2D eigenvalue weighted by Gasteiger charge is -2.25. The van der Waals surface area contributed by atoms with Crippen molar-refractivity contribution in [3.05, 3.63) is 0 Å². The third kappa shape index (κ3) is 24.5. The van der Waals surface area contributed by atoms with Gasteiger partial charge < -0.3 is 24.4 Å². The first kappa shape index (κ1) is 34.8. The summed E-state index contributed by atoms with van der Waals surface area (Å²) in [5, 5.41) is 19.7. The van der Waals surface area contributed by atoms with Crippen molar-refractivity contribution in [1.29, 1.82) is 0 Å². The molecule has 0 bridgehead atoms. The van der Waals surface area contributed by atoms with E-state index in [2.05, 4.69) is 11.7 Å². The predicted molar refractivity (Wildman–Crippen MR) is 144 cm³/mol. The van der Waals surface area contributed by atoms with Crippen molar-refractivity contribution in [2.45, 2.75) is 148 Å². The number of hydrogen-bond donors (Lipinski definition) is 2. The molecule has 36 heavy (non-hydrogen) atoms. The average Bonchev–Trinajstić information content (AvgIpc) is 2.87. The van der Waals surface area contributed by atoms with Gasteiger partial charge in [0.2, 0.25) is 0 Å². The Labute approximate surface area is 220 Å². The van der Waals surface area contributed by atoms with Crippen LogP contribution in [0.4, 0.5) is 0 Å². The molecule has 0 aromatic heterocycles. The number of carbonyl (C=O) groups excluding carboxylic acids is 2. The molecule has 0 saturated heterocycles. The molecule has 0 rings (SSSR count). The first-order valence-electron chi connectivity index (χ1n) is 14.8. The quantitative estimate of drug-likeness (QED) is 0.0499. The van der Waals surface area contributed by atoms with E-state index < -0.39 is 18.4 Å². The molecule has 214 valence electrons. The summed E-state index contributed by atoms with van der Waals surface area (Å²) in [5.41, 5.74) is 0. The minimum atomic E-state index is -1.97. The highest BCUT2D eigenvalue weighted by atomic mass is 16.7. The van der Waals surface area contributed by atoms with Crippen molar-refractivity contribution in [3.63, 3.8) is 0 Å². The fraction of sp³-hybridized carbons (Fsp3) is 0.931. The summed E-state index contributed by atoms with van der Waals surface area (Å²) in [7, 11) is 0. The van der Waals surface area contributed by atoms with Crippen molar-refractivity contribution in [3.8, 4) is 0 Å². The molecular formula is C29H56O7. The Balaban J connectivity index is 3.53. The lowest BCUT2D eigenvalue weighted by Crippen LogP contribution is -2.43. The Bertz CT molecular complexity index is 486. The maximum absolute atomic E-state index is 12.0. The fourth-order valence-corrected chi connectivity index (χ4v) is 4.21. The van der Waals surface area contributed by atoms with Crippen molar-refractivity contribution in [2.75, 3.05) is 26.4 Å². The SMILES string of the molecule is CCCCCCCCCCCCCCCCCOC[C@](O)(CO)OC(=O)CCCCCCCOC=O. The van der Waals surface area contributed by atoms with Crippen LogP contribution in [0, 0.1) is 0 Å². The predicted octanol–water partition coefficient (Wildman–Crippen LogP) is 6.61. The maximum Gasteiger partial charge on any atom is 0.308 e. The van der Waals surface area contributed by atoms with Gasteiger partial charge in [0, 0.05) is 13.0 Å². The summed E-state index contributed by atoms with van der Waals surface area (Å²) in [6.45, 7) is 2.71. The number of rotatable bonds is 29. The third-order valence-corrected chi connectivity index (χ3v) is 6.48. The summed E-state index contributed by atoms with van der Waals surface area (Å²) in [6, 6.07) is 0. The van der Waals surface area contributed by atoms with E-state index in [4.69, 9.17) is 9.47 Å². The fourth-order valence-electron chi connectivity index (χ4n) is 4.21. The zero-order chi connectivity index (χ0) is 26.6. The highest BCUT2D eigenvalue weighted by Crippen LogP contribution is 2.15. The van der Waals surface area contributed by atoms with Gasteiger partial charge in [0.1, 0.15) is 13.2 Å². The molecule has 0 spiro atoms. The molecule has 0 aromatic rings. The second-order valence-corrected chi connectivity index (χ2v) is 10.1. The van der Waals surface area contributed by atoms with Crippen LogP contribution in [0.3, 0.4) is 0 Å². The molecule has 0 unspecified atom stereocenters. The van der Waals surface area contributed by atoms with Gasteiger partial charge in [0.15, 0.2) is 0 Å². The molecule has 2 N–H and O–H groups in total. The minimum Gasteiger partial charge on any atom is -0.468 e. The lowest BCUT2D eigenvalue weighted by molar-refractivity contribution is -0.242. The Morgan fingerprint density at radius 3 is 1.61 bits per heavy atom. The summed E-state index contributed by atoms with van der Waals surface area (Å²) in [4.78, 5) is 22.0. The van der Waals surface area contributed by atoms with E-state index in [1.807, 2.05) is 0 Å². The second-order valence-electron chi connectivity index (χ2n) is 10.1. The molecule has 7 heteroatoms. The number of esters is 1. The van der Waals surface area contributed by atoms with Gasteiger partial charge in [0.25, 0.3) is 12.3 Å². The highest BCUT2D eigenvalue weighted by molar-refractivity contribution is 5.69. The molecule has 0 aliphatic rings. The average molecular weight is 517 g/mol. The number of unbranched alkanes of at least 4 members (excludes halogenated alkanes) is 18. The van der Waals surface area contributed by atoms with E-state index in [1.165, 1.54) is 83.5 Å². The van der Waals surface area contributed by atoms with Crippen LogP contribution in [0.25, 0.3) is 0 Å². The summed E-state index contributed by atoms with van der Waals surface area (Å²) in [5.74, 6) is -2.51. The Hall–Kier alpha value is -1.18. The number of aliphatic hydroxyl groups excluding tert-OH is 1. The van der Waals surface area contributed by atoms with Gasteiger partial charge in [-0.2, -0.15) is 0 Å². The summed E-state index contributed by atoms with van der Waals surface area (Å²) < 4.78 is 15.2. The number of carbonyl (C=O) groups is 2. The van der Waals surface area contributed by atoms with E-state index in [0.717, 1.165) is 38.5 Å². The first-order valence-corrected chi connectivity index (χ1v) is 14.8. The Morgan fingerprint density at radius 1 is 0.694 bits per heavy atom. The molecular weight excluding hydrogens is 460 g/mol. The number of hydrogen-bond acceptors (Lipinski definition) is 7. The zero-order valence-corrected chi connectivity index (χ0v) is 23.2. The van der Waals surface area contributed by atoms with Crippen LogP contribution in [-0.2, 0) is 23.8 Å². The third-order valence-electron chi connectivity index (χ3n) is 6.48. The molecule has 0 fully saturated rings. The standard InChI is InChI=1S/C29H56O7/c1-2-3-4-5-6-7-8-9-10-11-12-13-14-17-20-23-34-26-29(33,25-30)36-28(32)22-19-16-15-18-21-24-35-27-31/h27,30,33H,2-26H2,1H3/t29-/m0/s1. The topological polar surface area (TPSA) is 102 Å². The van der Waals surface area contributed by atoms with Gasteiger partial charge in [-0.05, 0) is 19.3 Å². The highest BCUT2D eigenvalue weighted by Gasteiger charge is 2.31. The van der Waals surface area contributed by atoms with Crippen LogP contribution in [0.5, 0.6) is 0 Å². The maximum atomic E-state index is 12.0. The van der Waals surface area contributed by atoms with E-state index in [-0.39, 0.29) is 13.0 Å². The monoisotopic (exact) mass is 516 g/mol. The Kier molecular flexibility index (Phi) is 26.0. The largest absolute Gasteiger partial charge is 0.468 e. The van der Waals surface area contributed by atoms with Gasteiger partial charge in [-0.25, -0.2) is 0 Å². The van der Waals surface area contributed by atoms with Crippen LogP contribution in [0.1, 0.15) is 142 Å². The molecule has 0 aromatic carbocycles. The molecule has 0 heterocycles. The van der Waals surface area contributed by atoms with Crippen LogP contribution in [0.15, 0.2) is 0 Å². The number of ether oxygens (including phenoxy) is 3. The molecule has 0 saturated carbocycles. The molecule has 0 aliphatic carbocycles. The van der Waals surface area contributed by atoms with Crippen LogP contribution in [0.2, 0.25) is 0 Å². The molecule has 0 aliphatic heterocycles. The van der Waals surface area contributed by atoms with E-state index in [1.54, 1.807) is 0 Å². The number of aliphatic hydroxyl groups is 2. The van der Waals surface area contributed by atoms with Crippen LogP contribution in [-0.4, -0.2) is 54.9 Å². The van der Waals surface area contributed by atoms with E-state index in [0.29, 0.717) is 26.1 Å². The first-order chi connectivity index (χ1) is 17.6. The van der Waals surface area contributed by atoms with Gasteiger partial charge in [-0.3, -0.25) is 9.59 Å². The van der Waals surface area contributed by atoms with Crippen LogP contribution >= 0.6 is 0 Å². The van der Waals surface area contributed by atoms with Crippen LogP contribution < -0.4 is 0 Å². The molecule has 0 radical (unpaired) electrons. The summed E-state index contributed by atoms with van der Waals surface area (Å²) >= 11 is 0. The molecule has 7 nitrogen and oxygen atoms in total. The Morgan fingerprint density at radius 2 is 1.14 bits per heavy atom. The normalized spacial score (nSPS) is 12.9. The molecule has 1 atom stereocenters. The second kappa shape index (κ2) is 26.9. The van der Waals surface area contributed by atoms with Gasteiger partial charge in [-0.1, -0.05) is 116 Å². The summed E-state index contributed by atoms with van der Waals surface area (Å²) in [6.07, 6.45) is 23.8. The zero-order valence-electron chi connectivity index (χ0n) is 23.2. The van der Waals surface area contributed by atoms with E-state index >= 15 is 0 Å². The van der Waals surface area contributed by atoms with Crippen molar-refractivity contribution in [2.24, 2.45) is 0 Å². The van der Waals surface area contributed by atoms with Crippen molar-refractivity contribution < 1.29 is 34.0 Å².